The average molecular weight is 338 g/mol. The summed E-state index contributed by atoms with van der Waals surface area (Å²) in [6, 6.07) is 14.4. The SMILES string of the molecule is CC(C)Cc1ccc(C(=O)OC(=O)c2ccc(CC(C)C)cc2)cc1. The van der Waals surface area contributed by atoms with Crippen molar-refractivity contribution in [2.45, 2.75) is 40.5 Å². The number of carbonyl (C=O) groups excluding carboxylic acids is 2. The molecule has 3 heteroatoms. The van der Waals surface area contributed by atoms with Crippen molar-refractivity contribution in [1.82, 2.24) is 0 Å². The molecular weight excluding hydrogens is 312 g/mol. The van der Waals surface area contributed by atoms with Gasteiger partial charge in [0.05, 0.1) is 11.1 Å². The Labute approximate surface area is 150 Å². The molecule has 0 saturated heterocycles. The van der Waals surface area contributed by atoms with Gasteiger partial charge < -0.3 is 4.74 Å². The van der Waals surface area contributed by atoms with Crippen LogP contribution in [0, 0.1) is 11.8 Å². The van der Waals surface area contributed by atoms with Gasteiger partial charge in [0.25, 0.3) is 0 Å². The Kier molecular flexibility index (Phi) is 6.51. The molecule has 0 aliphatic rings. The monoisotopic (exact) mass is 338 g/mol. The number of hydrogen-bond acceptors (Lipinski definition) is 3. The second-order valence-electron chi connectivity index (χ2n) is 7.27. The van der Waals surface area contributed by atoms with Gasteiger partial charge >= 0.3 is 11.9 Å². The van der Waals surface area contributed by atoms with Crippen LogP contribution in [0.2, 0.25) is 0 Å². The van der Waals surface area contributed by atoms with Crippen molar-refractivity contribution < 1.29 is 14.3 Å². The predicted octanol–water partition coefficient (Wildman–Crippen LogP) is 5.08. The van der Waals surface area contributed by atoms with Gasteiger partial charge in [-0.05, 0) is 60.1 Å². The molecule has 0 fully saturated rings. The summed E-state index contributed by atoms with van der Waals surface area (Å²) in [6.07, 6.45) is 1.91. The van der Waals surface area contributed by atoms with Gasteiger partial charge in [-0.15, -0.1) is 0 Å². The highest BCUT2D eigenvalue weighted by Gasteiger charge is 2.15. The Balaban J connectivity index is 1.98. The van der Waals surface area contributed by atoms with Gasteiger partial charge in [0.2, 0.25) is 0 Å². The minimum atomic E-state index is -0.618. The molecule has 0 saturated carbocycles. The number of esters is 2. The van der Waals surface area contributed by atoms with Crippen molar-refractivity contribution in [2.24, 2.45) is 11.8 Å². The molecule has 0 aromatic heterocycles. The van der Waals surface area contributed by atoms with Gasteiger partial charge in [0, 0.05) is 0 Å². The fourth-order valence-corrected chi connectivity index (χ4v) is 2.70. The summed E-state index contributed by atoms with van der Waals surface area (Å²) in [5.74, 6) is -0.129. The van der Waals surface area contributed by atoms with Crippen LogP contribution in [0.1, 0.15) is 59.5 Å². The molecule has 0 bridgehead atoms. The van der Waals surface area contributed by atoms with E-state index in [1.807, 2.05) is 24.3 Å². The van der Waals surface area contributed by atoms with Crippen molar-refractivity contribution >= 4 is 11.9 Å². The normalized spacial score (nSPS) is 11.0. The first-order valence-electron chi connectivity index (χ1n) is 8.79. The van der Waals surface area contributed by atoms with Crippen molar-refractivity contribution in [2.75, 3.05) is 0 Å². The molecule has 0 N–H and O–H groups in total. The highest BCUT2D eigenvalue weighted by atomic mass is 16.6. The molecule has 2 aromatic carbocycles. The zero-order chi connectivity index (χ0) is 18.4. The third kappa shape index (κ3) is 5.86. The lowest BCUT2D eigenvalue weighted by molar-refractivity contribution is 0.0398. The standard InChI is InChI=1S/C22H26O3/c1-15(2)13-17-5-9-19(10-6-17)21(23)25-22(24)20-11-7-18(8-12-20)14-16(3)4/h5-12,15-16H,13-14H2,1-4H3. The lowest BCUT2D eigenvalue weighted by Gasteiger charge is -2.07. The van der Waals surface area contributed by atoms with E-state index in [-0.39, 0.29) is 0 Å². The maximum Gasteiger partial charge on any atom is 0.346 e. The zero-order valence-electron chi connectivity index (χ0n) is 15.4. The van der Waals surface area contributed by atoms with Crippen LogP contribution in [0.25, 0.3) is 0 Å². The fraction of sp³-hybridized carbons (Fsp3) is 0.364. The molecular formula is C22H26O3. The van der Waals surface area contributed by atoms with Crippen LogP contribution in [0.4, 0.5) is 0 Å². The maximum atomic E-state index is 12.1. The number of carbonyl (C=O) groups is 2. The number of ether oxygens (including phenoxy) is 1. The van der Waals surface area contributed by atoms with E-state index >= 15 is 0 Å². The topological polar surface area (TPSA) is 43.4 Å². The quantitative estimate of drug-likeness (QED) is 0.545. The molecule has 0 atom stereocenters. The van der Waals surface area contributed by atoms with Gasteiger partial charge in [-0.1, -0.05) is 52.0 Å². The summed E-state index contributed by atoms with van der Waals surface area (Å²) >= 11 is 0. The highest BCUT2D eigenvalue weighted by molar-refractivity contribution is 6.02. The first-order chi connectivity index (χ1) is 11.8. The number of rotatable bonds is 6. The molecule has 0 amide bonds. The smallest absolute Gasteiger partial charge is 0.346 e. The molecule has 0 unspecified atom stereocenters. The third-order valence-corrected chi connectivity index (χ3v) is 3.85. The van der Waals surface area contributed by atoms with Gasteiger partial charge in [-0.25, -0.2) is 9.59 Å². The van der Waals surface area contributed by atoms with Gasteiger partial charge in [0.15, 0.2) is 0 Å². The number of benzene rings is 2. The third-order valence-electron chi connectivity index (χ3n) is 3.85. The van der Waals surface area contributed by atoms with E-state index in [9.17, 15) is 9.59 Å². The van der Waals surface area contributed by atoms with Crippen molar-refractivity contribution in [3.8, 4) is 0 Å². The summed E-state index contributed by atoms with van der Waals surface area (Å²) < 4.78 is 4.99. The second-order valence-corrected chi connectivity index (χ2v) is 7.27. The fourth-order valence-electron chi connectivity index (χ4n) is 2.70. The Morgan fingerprint density at radius 2 is 1.00 bits per heavy atom. The van der Waals surface area contributed by atoms with E-state index in [2.05, 4.69) is 27.7 Å². The molecule has 132 valence electrons. The summed E-state index contributed by atoms with van der Waals surface area (Å²) in [4.78, 5) is 24.3. The maximum absolute atomic E-state index is 12.1. The average Bonchev–Trinajstić information content (AvgIpc) is 2.55. The van der Waals surface area contributed by atoms with Crippen LogP contribution < -0.4 is 0 Å². The van der Waals surface area contributed by atoms with E-state index < -0.39 is 11.9 Å². The molecule has 0 aliphatic heterocycles. The van der Waals surface area contributed by atoms with E-state index in [1.54, 1.807) is 24.3 Å². The Morgan fingerprint density at radius 1 is 0.680 bits per heavy atom. The van der Waals surface area contributed by atoms with E-state index in [0.717, 1.165) is 12.8 Å². The van der Waals surface area contributed by atoms with Crippen LogP contribution >= 0.6 is 0 Å². The number of hydrogen-bond donors (Lipinski definition) is 0. The first-order valence-corrected chi connectivity index (χ1v) is 8.79. The second kappa shape index (κ2) is 8.61. The molecule has 0 radical (unpaired) electrons. The first kappa shape index (κ1) is 18.9. The van der Waals surface area contributed by atoms with Gasteiger partial charge in [-0.3, -0.25) is 0 Å². The Hall–Kier alpha value is -2.42. The Bertz CT molecular complexity index is 646. The van der Waals surface area contributed by atoms with E-state index in [0.29, 0.717) is 23.0 Å². The minimum absolute atomic E-state index is 0.386. The van der Waals surface area contributed by atoms with Crippen LogP contribution in [0.15, 0.2) is 48.5 Å². The summed E-state index contributed by atoms with van der Waals surface area (Å²) in [6.45, 7) is 8.58. The summed E-state index contributed by atoms with van der Waals surface area (Å²) in [5, 5.41) is 0. The van der Waals surface area contributed by atoms with Gasteiger partial charge in [0.1, 0.15) is 0 Å². The summed E-state index contributed by atoms with van der Waals surface area (Å²) in [5.41, 5.74) is 3.10. The van der Waals surface area contributed by atoms with Crippen LogP contribution in [-0.2, 0) is 17.6 Å². The van der Waals surface area contributed by atoms with Crippen molar-refractivity contribution in [1.29, 1.82) is 0 Å². The molecule has 3 nitrogen and oxygen atoms in total. The van der Waals surface area contributed by atoms with Crippen LogP contribution in [0.3, 0.4) is 0 Å². The molecule has 25 heavy (non-hydrogen) atoms. The van der Waals surface area contributed by atoms with E-state index in [4.69, 9.17) is 4.74 Å². The van der Waals surface area contributed by atoms with Crippen LogP contribution in [-0.4, -0.2) is 11.9 Å². The molecule has 0 aliphatic carbocycles. The Morgan fingerprint density at radius 3 is 1.28 bits per heavy atom. The lowest BCUT2D eigenvalue weighted by Crippen LogP contribution is -2.13. The highest BCUT2D eigenvalue weighted by Crippen LogP contribution is 2.13. The van der Waals surface area contributed by atoms with Gasteiger partial charge in [-0.2, -0.15) is 0 Å². The predicted molar refractivity (Wildman–Crippen MR) is 99.7 cm³/mol. The van der Waals surface area contributed by atoms with E-state index in [1.165, 1.54) is 11.1 Å². The lowest BCUT2D eigenvalue weighted by atomic mass is 10.0. The van der Waals surface area contributed by atoms with Crippen LogP contribution in [0.5, 0.6) is 0 Å². The molecule has 0 heterocycles. The summed E-state index contributed by atoms with van der Waals surface area (Å²) in [7, 11) is 0. The molecule has 0 spiro atoms. The largest absolute Gasteiger partial charge is 0.386 e. The van der Waals surface area contributed by atoms with Crippen molar-refractivity contribution in [3.05, 3.63) is 70.8 Å². The minimum Gasteiger partial charge on any atom is -0.386 e. The zero-order valence-corrected chi connectivity index (χ0v) is 15.4. The van der Waals surface area contributed by atoms with Crippen molar-refractivity contribution in [3.63, 3.8) is 0 Å². The molecule has 2 rings (SSSR count). The molecule has 2 aromatic rings.